The van der Waals surface area contributed by atoms with E-state index in [0.29, 0.717) is 43.1 Å². The van der Waals surface area contributed by atoms with Crippen molar-refractivity contribution >= 4 is 22.8 Å². The number of aliphatic carboxylic acids is 1. The Morgan fingerprint density at radius 2 is 1.75 bits per heavy atom. The zero-order chi connectivity index (χ0) is 26.2. The minimum atomic E-state index is -1.23. The van der Waals surface area contributed by atoms with Crippen LogP contribution in [-0.4, -0.2) is 43.1 Å². The third kappa shape index (κ3) is 6.74. The average molecular weight is 498 g/mol. The van der Waals surface area contributed by atoms with Gasteiger partial charge in [0.2, 0.25) is 0 Å². The summed E-state index contributed by atoms with van der Waals surface area (Å²) < 4.78 is 9.62. The third-order valence-corrected chi connectivity index (χ3v) is 5.68. The monoisotopic (exact) mass is 497 g/mol. The quantitative estimate of drug-likeness (QED) is 0.376. The Kier molecular flexibility index (Phi) is 9.27. The number of rotatable bonds is 10. The summed E-state index contributed by atoms with van der Waals surface area (Å²) in [6.07, 6.45) is 6.04. The predicted octanol–water partition coefficient (Wildman–Crippen LogP) is 5.04. The van der Waals surface area contributed by atoms with Gasteiger partial charge in [0, 0.05) is 30.6 Å². The van der Waals surface area contributed by atoms with Gasteiger partial charge >= 0.3 is 11.9 Å². The molecule has 194 valence electrons. The lowest BCUT2D eigenvalue weighted by Gasteiger charge is -2.21. The van der Waals surface area contributed by atoms with Crippen molar-refractivity contribution in [1.29, 1.82) is 0 Å². The summed E-state index contributed by atoms with van der Waals surface area (Å²) in [5.41, 5.74) is 1.38. The van der Waals surface area contributed by atoms with Gasteiger partial charge in [0.25, 0.3) is 0 Å². The molecule has 1 aliphatic rings. The smallest absolute Gasteiger partial charge is 0.341 e. The molecule has 1 aromatic carbocycles. The fourth-order valence-electron chi connectivity index (χ4n) is 4.09. The van der Waals surface area contributed by atoms with Crippen LogP contribution in [0, 0.1) is 5.92 Å². The number of benzene rings is 1. The van der Waals surface area contributed by atoms with Gasteiger partial charge in [-0.2, -0.15) is 5.10 Å². The van der Waals surface area contributed by atoms with Crippen LogP contribution in [0.3, 0.4) is 0 Å². The van der Waals surface area contributed by atoms with Crippen molar-refractivity contribution in [3.63, 3.8) is 0 Å². The molecular weight excluding hydrogens is 462 g/mol. The molecule has 3 heterocycles. The first kappa shape index (κ1) is 27.0. The highest BCUT2D eigenvalue weighted by molar-refractivity contribution is 5.96. The molecule has 0 amide bonds. The number of hydrogen-bond acceptors (Lipinski definition) is 5. The highest BCUT2D eigenvalue weighted by Gasteiger charge is 2.24. The van der Waals surface area contributed by atoms with Crippen molar-refractivity contribution in [2.45, 2.75) is 72.4 Å². The molecule has 0 bridgehead atoms. The minimum absolute atomic E-state index is 0.219. The zero-order valence-electron chi connectivity index (χ0n) is 21.2. The van der Waals surface area contributed by atoms with Crippen LogP contribution in [0.1, 0.15) is 69.7 Å². The Bertz CT molecular complexity index is 1270. The Hall–Kier alpha value is -3.62. The molecule has 0 aliphatic carbocycles. The van der Waals surface area contributed by atoms with Crippen molar-refractivity contribution in [3.05, 3.63) is 46.2 Å². The van der Waals surface area contributed by atoms with Gasteiger partial charge < -0.3 is 19.5 Å². The number of aromatic carboxylic acids is 1. The van der Waals surface area contributed by atoms with Crippen LogP contribution < -0.4 is 10.2 Å². The largest absolute Gasteiger partial charge is 0.491 e. The van der Waals surface area contributed by atoms with Gasteiger partial charge in [-0.3, -0.25) is 14.3 Å². The van der Waals surface area contributed by atoms with E-state index in [2.05, 4.69) is 20.8 Å². The Balaban J connectivity index is 0.000000840. The van der Waals surface area contributed by atoms with Gasteiger partial charge in [0.05, 0.1) is 24.5 Å². The molecule has 0 unspecified atom stereocenters. The number of hydrogen-bond donors (Lipinski definition) is 2. The van der Waals surface area contributed by atoms with Crippen molar-refractivity contribution in [1.82, 2.24) is 14.3 Å². The van der Waals surface area contributed by atoms with E-state index in [-0.39, 0.29) is 12.0 Å². The maximum Gasteiger partial charge on any atom is 0.341 e. The lowest BCUT2D eigenvalue weighted by molar-refractivity contribution is -0.137. The SMILES string of the molecule is CC(C)C.O=C(O)CCCCCCCOc1cccc2c3n(nc12)CCn1cc(C(=O)O)c(=O)cc1-3. The van der Waals surface area contributed by atoms with Crippen molar-refractivity contribution < 1.29 is 24.5 Å². The molecule has 0 saturated heterocycles. The van der Waals surface area contributed by atoms with Crippen molar-refractivity contribution in [3.8, 4) is 17.1 Å². The molecule has 2 N–H and O–H groups in total. The summed E-state index contributed by atoms with van der Waals surface area (Å²) >= 11 is 0. The molecule has 3 aromatic rings. The van der Waals surface area contributed by atoms with E-state index < -0.39 is 17.4 Å². The topological polar surface area (TPSA) is 124 Å². The van der Waals surface area contributed by atoms with E-state index in [1.165, 1.54) is 12.3 Å². The lowest BCUT2D eigenvalue weighted by Crippen LogP contribution is -2.24. The highest BCUT2D eigenvalue weighted by Crippen LogP contribution is 2.35. The Morgan fingerprint density at radius 3 is 2.44 bits per heavy atom. The van der Waals surface area contributed by atoms with Gasteiger partial charge in [-0.15, -0.1) is 0 Å². The number of ether oxygens (including phenoxy) is 1. The minimum Gasteiger partial charge on any atom is -0.491 e. The molecule has 9 heteroatoms. The summed E-state index contributed by atoms with van der Waals surface area (Å²) in [6.45, 7) is 8.13. The van der Waals surface area contributed by atoms with E-state index in [4.69, 9.17) is 14.9 Å². The molecule has 4 rings (SSSR count). The molecule has 0 saturated carbocycles. The summed E-state index contributed by atoms with van der Waals surface area (Å²) in [7, 11) is 0. The molecule has 0 radical (unpaired) electrons. The number of carboxylic acids is 2. The first-order chi connectivity index (χ1) is 17.2. The third-order valence-electron chi connectivity index (χ3n) is 5.68. The van der Waals surface area contributed by atoms with E-state index in [1.54, 1.807) is 4.57 Å². The first-order valence-corrected chi connectivity index (χ1v) is 12.5. The van der Waals surface area contributed by atoms with Gasteiger partial charge in [-0.1, -0.05) is 52.2 Å². The second-order valence-corrected chi connectivity index (χ2v) is 9.65. The lowest BCUT2D eigenvalue weighted by atomic mass is 10.1. The maximum absolute atomic E-state index is 12.3. The number of carboxylic acid groups (broad SMARTS) is 2. The number of carbonyl (C=O) groups is 2. The van der Waals surface area contributed by atoms with Crippen LogP contribution in [0.4, 0.5) is 0 Å². The number of fused-ring (bicyclic) bond motifs is 5. The highest BCUT2D eigenvalue weighted by atomic mass is 16.5. The average Bonchev–Trinajstić information content (AvgIpc) is 3.19. The van der Waals surface area contributed by atoms with E-state index in [1.807, 2.05) is 22.9 Å². The van der Waals surface area contributed by atoms with Crippen molar-refractivity contribution in [2.75, 3.05) is 6.61 Å². The first-order valence-electron chi connectivity index (χ1n) is 12.5. The van der Waals surface area contributed by atoms with Gasteiger partial charge in [0.1, 0.15) is 16.8 Å². The summed E-state index contributed by atoms with van der Waals surface area (Å²) in [6, 6.07) is 7.05. The summed E-state index contributed by atoms with van der Waals surface area (Å²) in [4.78, 5) is 34.1. The van der Waals surface area contributed by atoms with E-state index >= 15 is 0 Å². The molecule has 0 atom stereocenters. The molecule has 1 aliphatic heterocycles. The van der Waals surface area contributed by atoms with Crippen LogP contribution in [0.25, 0.3) is 22.3 Å². The number of aryl methyl sites for hydroxylation is 2. The van der Waals surface area contributed by atoms with Gasteiger partial charge in [-0.25, -0.2) is 4.79 Å². The number of unbranched alkanes of at least 4 members (excludes halogenated alkanes) is 4. The van der Waals surface area contributed by atoms with Gasteiger partial charge in [0.15, 0.2) is 5.43 Å². The van der Waals surface area contributed by atoms with Crippen LogP contribution in [-0.2, 0) is 17.9 Å². The second-order valence-electron chi connectivity index (χ2n) is 9.65. The normalized spacial score (nSPS) is 12.0. The van der Waals surface area contributed by atoms with Crippen LogP contribution in [0.15, 0.2) is 35.3 Å². The van der Waals surface area contributed by atoms with Crippen LogP contribution in [0.2, 0.25) is 0 Å². The molecule has 0 fully saturated rings. The fourth-order valence-corrected chi connectivity index (χ4v) is 4.09. The number of pyridine rings is 1. The number of nitrogens with zero attached hydrogens (tertiary/aromatic N) is 3. The van der Waals surface area contributed by atoms with Gasteiger partial charge in [-0.05, 0) is 24.8 Å². The molecule has 36 heavy (non-hydrogen) atoms. The predicted molar refractivity (Wildman–Crippen MR) is 138 cm³/mol. The van der Waals surface area contributed by atoms with Crippen molar-refractivity contribution in [2.24, 2.45) is 5.92 Å². The summed E-state index contributed by atoms with van der Waals surface area (Å²) in [5, 5.41) is 23.5. The molecule has 2 aromatic heterocycles. The number of aromatic nitrogens is 3. The van der Waals surface area contributed by atoms with Crippen LogP contribution in [0.5, 0.6) is 5.75 Å². The van der Waals surface area contributed by atoms with Crippen LogP contribution >= 0.6 is 0 Å². The Labute approximate surface area is 210 Å². The standard InChI is InChI=1S/C23H25N3O6.C4H10/c27-18-13-17-22-15-7-6-8-19(32-12-5-3-1-2-4-9-20(28)29)21(15)24-26(22)11-10-25(17)14-16(18)23(30)31;1-4(2)3/h6-8,13-14H,1-5,9-12H2,(H,28,29)(H,30,31);4H,1-3H3. The maximum atomic E-state index is 12.3. The fraction of sp³-hybridized carbons (Fsp3) is 0.481. The van der Waals surface area contributed by atoms with E-state index in [0.717, 1.165) is 42.7 Å². The zero-order valence-corrected chi connectivity index (χ0v) is 21.2. The summed E-state index contributed by atoms with van der Waals surface area (Å²) in [5.74, 6) is -0.475. The molecule has 0 spiro atoms. The molecular formula is C27H35N3O6. The second kappa shape index (κ2) is 12.4. The Morgan fingerprint density at radius 1 is 1.06 bits per heavy atom. The molecule has 9 nitrogen and oxygen atoms in total. The van der Waals surface area contributed by atoms with E-state index in [9.17, 15) is 19.5 Å².